The van der Waals surface area contributed by atoms with E-state index >= 15 is 0 Å². The minimum atomic E-state index is -0.779. The van der Waals surface area contributed by atoms with Crippen LogP contribution >= 0.6 is 0 Å². The van der Waals surface area contributed by atoms with E-state index in [4.69, 9.17) is 14.2 Å². The molecule has 0 rings (SSSR count). The van der Waals surface area contributed by atoms with Gasteiger partial charge in [-0.3, -0.25) is 14.4 Å². The van der Waals surface area contributed by atoms with Crippen molar-refractivity contribution in [1.29, 1.82) is 0 Å². The Kier molecular flexibility index (Phi) is 40.0. The molecule has 1 unspecified atom stereocenters. The Morgan fingerprint density at radius 1 is 0.365 bits per heavy atom. The first kappa shape index (κ1) is 49.9. The number of carbonyl (C=O) groups is 3. The third-order valence-corrected chi connectivity index (χ3v) is 9.68. The summed E-state index contributed by atoms with van der Waals surface area (Å²) < 4.78 is 16.6. The number of carbonyl (C=O) groups excluding carboxylic acids is 3. The molecular weight excluding hydrogens is 648 g/mol. The number of hydrogen-bond donors (Lipinski definition) is 0. The van der Waals surface area contributed by atoms with Crippen LogP contribution in [0.15, 0.2) is 24.3 Å². The molecule has 0 aliphatic carbocycles. The standard InChI is InChI=1S/C46H84O6/c1-4-7-10-13-16-19-21-23-25-27-30-33-36-39-45(48)51-42-43(41-50-44(47)38-35-32-29-26-18-15-12-9-6-3)52-46(49)40-37-34-31-28-24-22-20-17-14-11-8-5-2/h17,20,26,29,43H,4-16,18-19,21-25,27-28,30-42H2,1-3H3/b20-17-,29-26-. The number of unbranched alkanes of at least 4 members (excludes halogenated alkanes) is 25. The highest BCUT2D eigenvalue weighted by molar-refractivity contribution is 5.71. The Morgan fingerprint density at radius 3 is 1.10 bits per heavy atom. The van der Waals surface area contributed by atoms with Crippen molar-refractivity contribution < 1.29 is 28.6 Å². The van der Waals surface area contributed by atoms with Crippen LogP contribution in [0, 0.1) is 0 Å². The van der Waals surface area contributed by atoms with Crippen molar-refractivity contribution in [2.45, 2.75) is 239 Å². The molecule has 52 heavy (non-hydrogen) atoms. The van der Waals surface area contributed by atoms with E-state index in [1.807, 2.05) is 0 Å². The van der Waals surface area contributed by atoms with Gasteiger partial charge in [0.25, 0.3) is 0 Å². The highest BCUT2D eigenvalue weighted by Gasteiger charge is 2.19. The molecule has 0 radical (unpaired) electrons. The van der Waals surface area contributed by atoms with Crippen LogP contribution in [0.4, 0.5) is 0 Å². The molecule has 0 spiro atoms. The van der Waals surface area contributed by atoms with E-state index in [0.717, 1.165) is 70.6 Å². The molecule has 1 atom stereocenters. The van der Waals surface area contributed by atoms with Crippen molar-refractivity contribution in [2.24, 2.45) is 0 Å². The van der Waals surface area contributed by atoms with Gasteiger partial charge in [0.2, 0.25) is 0 Å². The molecule has 0 saturated heterocycles. The average Bonchev–Trinajstić information content (AvgIpc) is 3.14. The van der Waals surface area contributed by atoms with E-state index in [1.165, 1.54) is 122 Å². The van der Waals surface area contributed by atoms with Crippen LogP contribution in [0.25, 0.3) is 0 Å². The molecule has 0 heterocycles. The Morgan fingerprint density at radius 2 is 0.654 bits per heavy atom. The fourth-order valence-electron chi connectivity index (χ4n) is 6.26. The zero-order valence-corrected chi connectivity index (χ0v) is 34.6. The van der Waals surface area contributed by atoms with E-state index < -0.39 is 6.10 Å². The largest absolute Gasteiger partial charge is 0.462 e. The smallest absolute Gasteiger partial charge is 0.306 e. The molecule has 304 valence electrons. The summed E-state index contributed by atoms with van der Waals surface area (Å²) in [4.78, 5) is 37.6. The lowest BCUT2D eigenvalue weighted by Gasteiger charge is -2.18. The number of rotatable bonds is 40. The van der Waals surface area contributed by atoms with Gasteiger partial charge in [-0.1, -0.05) is 173 Å². The SMILES string of the molecule is CCCCC/C=C\CCCCCCCC(=O)OC(COC(=O)CCC/C=C\CCCCCC)COC(=O)CCCCCCCCCCCCCCC. The maximum Gasteiger partial charge on any atom is 0.306 e. The van der Waals surface area contributed by atoms with E-state index in [0.29, 0.717) is 19.3 Å². The van der Waals surface area contributed by atoms with Crippen LogP contribution in [-0.4, -0.2) is 37.2 Å². The number of esters is 3. The molecule has 0 aromatic carbocycles. The zero-order chi connectivity index (χ0) is 38.0. The molecule has 0 saturated carbocycles. The molecule has 0 aliphatic heterocycles. The zero-order valence-electron chi connectivity index (χ0n) is 34.6. The summed E-state index contributed by atoms with van der Waals surface area (Å²) in [5.41, 5.74) is 0. The highest BCUT2D eigenvalue weighted by Crippen LogP contribution is 2.14. The van der Waals surface area contributed by atoms with Crippen molar-refractivity contribution in [2.75, 3.05) is 13.2 Å². The third-order valence-electron chi connectivity index (χ3n) is 9.68. The second-order valence-electron chi connectivity index (χ2n) is 15.0. The minimum Gasteiger partial charge on any atom is -0.462 e. The van der Waals surface area contributed by atoms with Crippen molar-refractivity contribution in [1.82, 2.24) is 0 Å². The van der Waals surface area contributed by atoms with Crippen LogP contribution in [0.1, 0.15) is 233 Å². The molecule has 0 aromatic heterocycles. The van der Waals surface area contributed by atoms with Crippen molar-refractivity contribution in [3.05, 3.63) is 24.3 Å². The fraction of sp³-hybridized carbons (Fsp3) is 0.848. The molecule has 6 heteroatoms. The molecule has 6 nitrogen and oxygen atoms in total. The maximum absolute atomic E-state index is 12.7. The minimum absolute atomic E-state index is 0.0803. The Hall–Kier alpha value is -2.11. The number of hydrogen-bond acceptors (Lipinski definition) is 6. The normalized spacial score (nSPS) is 12.1. The first-order chi connectivity index (χ1) is 25.5. The first-order valence-corrected chi connectivity index (χ1v) is 22.3. The van der Waals surface area contributed by atoms with Gasteiger partial charge in [0.15, 0.2) is 6.10 Å². The molecule has 0 fully saturated rings. The van der Waals surface area contributed by atoms with E-state index in [1.54, 1.807) is 0 Å². The van der Waals surface area contributed by atoms with Crippen LogP contribution < -0.4 is 0 Å². The molecule has 0 aliphatic rings. The van der Waals surface area contributed by atoms with Crippen molar-refractivity contribution >= 4 is 17.9 Å². The van der Waals surface area contributed by atoms with Crippen molar-refractivity contribution in [3.63, 3.8) is 0 Å². The molecule has 0 aromatic rings. The lowest BCUT2D eigenvalue weighted by molar-refractivity contribution is -0.167. The van der Waals surface area contributed by atoms with Gasteiger partial charge in [0.1, 0.15) is 13.2 Å². The summed E-state index contributed by atoms with van der Waals surface area (Å²) in [5.74, 6) is -0.924. The fourth-order valence-corrected chi connectivity index (χ4v) is 6.26. The summed E-state index contributed by atoms with van der Waals surface area (Å²) in [6.07, 6.45) is 44.5. The maximum atomic E-state index is 12.7. The van der Waals surface area contributed by atoms with Crippen LogP contribution in [0.3, 0.4) is 0 Å². The number of ether oxygens (including phenoxy) is 3. The molecule has 0 amide bonds. The second-order valence-corrected chi connectivity index (χ2v) is 15.0. The summed E-state index contributed by atoms with van der Waals surface area (Å²) in [5, 5.41) is 0. The van der Waals surface area contributed by atoms with Crippen LogP contribution in [-0.2, 0) is 28.6 Å². The van der Waals surface area contributed by atoms with E-state index in [2.05, 4.69) is 45.1 Å². The van der Waals surface area contributed by atoms with Gasteiger partial charge >= 0.3 is 17.9 Å². The van der Waals surface area contributed by atoms with E-state index in [9.17, 15) is 14.4 Å². The predicted molar refractivity (Wildman–Crippen MR) is 219 cm³/mol. The lowest BCUT2D eigenvalue weighted by Crippen LogP contribution is -2.30. The van der Waals surface area contributed by atoms with Gasteiger partial charge < -0.3 is 14.2 Å². The Balaban J connectivity index is 4.37. The summed E-state index contributed by atoms with van der Waals surface area (Å²) >= 11 is 0. The second kappa shape index (κ2) is 41.6. The molecule has 0 N–H and O–H groups in total. The van der Waals surface area contributed by atoms with Gasteiger partial charge in [-0.05, 0) is 64.2 Å². The average molecular weight is 733 g/mol. The predicted octanol–water partition coefficient (Wildman–Crippen LogP) is 14.0. The van der Waals surface area contributed by atoms with Crippen molar-refractivity contribution in [3.8, 4) is 0 Å². The first-order valence-electron chi connectivity index (χ1n) is 22.3. The van der Waals surface area contributed by atoms with Gasteiger partial charge in [-0.25, -0.2) is 0 Å². The highest BCUT2D eigenvalue weighted by atomic mass is 16.6. The summed E-state index contributed by atoms with van der Waals surface area (Å²) in [6, 6.07) is 0. The Bertz CT molecular complexity index is 850. The van der Waals surface area contributed by atoms with Crippen LogP contribution in [0.5, 0.6) is 0 Å². The quantitative estimate of drug-likeness (QED) is 0.0270. The van der Waals surface area contributed by atoms with Gasteiger partial charge in [-0.2, -0.15) is 0 Å². The third kappa shape index (κ3) is 39.1. The lowest BCUT2D eigenvalue weighted by atomic mass is 10.0. The topological polar surface area (TPSA) is 78.9 Å². The van der Waals surface area contributed by atoms with Gasteiger partial charge in [-0.15, -0.1) is 0 Å². The summed E-state index contributed by atoms with van der Waals surface area (Å²) in [7, 11) is 0. The van der Waals surface area contributed by atoms with Gasteiger partial charge in [0, 0.05) is 19.3 Å². The van der Waals surface area contributed by atoms with Gasteiger partial charge in [0.05, 0.1) is 0 Å². The van der Waals surface area contributed by atoms with E-state index in [-0.39, 0.29) is 31.1 Å². The van der Waals surface area contributed by atoms with Crippen LogP contribution in [0.2, 0.25) is 0 Å². The monoisotopic (exact) mass is 733 g/mol. The molecule has 0 bridgehead atoms. The molecular formula is C46H84O6. The Labute approximate surface area is 322 Å². The summed E-state index contributed by atoms with van der Waals surface area (Å²) in [6.45, 7) is 6.54. The number of allylic oxidation sites excluding steroid dienone is 4.